The van der Waals surface area contributed by atoms with Crippen molar-refractivity contribution in [2.45, 2.75) is 71.5 Å². The summed E-state index contributed by atoms with van der Waals surface area (Å²) in [6.07, 6.45) is 7.56. The second-order valence-electron chi connectivity index (χ2n) is 8.41. The van der Waals surface area contributed by atoms with E-state index in [0.29, 0.717) is 0 Å². The Bertz CT molecular complexity index is 834. The smallest absolute Gasteiger partial charge is 0.165 e. The van der Waals surface area contributed by atoms with Crippen LogP contribution in [0.2, 0.25) is 0 Å². The molecule has 0 atom stereocenters. The minimum Gasteiger partial charge on any atom is -0.457 e. The molecule has 28 heavy (non-hydrogen) atoms. The molecule has 1 fully saturated rings. The van der Waals surface area contributed by atoms with Gasteiger partial charge in [0.25, 0.3) is 0 Å². The standard InChI is InChI=1S/C25H32O3/c1-4-7-19-9-10-23-21(16-19)17-22-20(14-18(2)15-24(22)28-23)8-5-6-11-25(3)26-12-13-27-25/h9-10,14-16H,4-8,11-13,17H2,1-3H3. The lowest BCUT2D eigenvalue weighted by Gasteiger charge is -2.25. The van der Waals surface area contributed by atoms with Gasteiger partial charge in [0.15, 0.2) is 5.79 Å². The van der Waals surface area contributed by atoms with Crippen molar-refractivity contribution < 1.29 is 14.2 Å². The molecule has 2 aliphatic heterocycles. The highest BCUT2D eigenvalue weighted by atomic mass is 16.7. The first-order valence-corrected chi connectivity index (χ1v) is 10.8. The predicted molar refractivity (Wildman–Crippen MR) is 112 cm³/mol. The minimum atomic E-state index is -0.371. The summed E-state index contributed by atoms with van der Waals surface area (Å²) < 4.78 is 17.8. The van der Waals surface area contributed by atoms with E-state index in [-0.39, 0.29) is 5.79 Å². The average molecular weight is 381 g/mol. The molecule has 150 valence electrons. The van der Waals surface area contributed by atoms with Gasteiger partial charge in [0.05, 0.1) is 13.2 Å². The zero-order valence-corrected chi connectivity index (χ0v) is 17.5. The molecule has 0 amide bonds. The van der Waals surface area contributed by atoms with Crippen LogP contribution in [0.4, 0.5) is 0 Å². The number of rotatable bonds is 7. The summed E-state index contributed by atoms with van der Waals surface area (Å²) in [6, 6.07) is 11.2. The van der Waals surface area contributed by atoms with Crippen LogP contribution in [-0.4, -0.2) is 19.0 Å². The van der Waals surface area contributed by atoms with Gasteiger partial charge >= 0.3 is 0 Å². The quantitative estimate of drug-likeness (QED) is 0.462. The number of aryl methyl sites for hydroxylation is 3. The van der Waals surface area contributed by atoms with Crippen molar-refractivity contribution in [2.75, 3.05) is 13.2 Å². The second-order valence-corrected chi connectivity index (χ2v) is 8.41. The molecule has 2 aromatic rings. The summed E-state index contributed by atoms with van der Waals surface area (Å²) in [5.41, 5.74) is 6.80. The Morgan fingerprint density at radius 2 is 1.79 bits per heavy atom. The van der Waals surface area contributed by atoms with E-state index in [1.54, 1.807) is 0 Å². The minimum absolute atomic E-state index is 0.371. The van der Waals surface area contributed by atoms with E-state index in [9.17, 15) is 0 Å². The maximum atomic E-state index is 6.30. The van der Waals surface area contributed by atoms with Gasteiger partial charge in [-0.05, 0) is 73.9 Å². The molecule has 0 aromatic heterocycles. The lowest BCUT2D eigenvalue weighted by atomic mass is 9.90. The fraction of sp³-hybridized carbons (Fsp3) is 0.520. The zero-order chi connectivity index (χ0) is 19.6. The number of hydrogen-bond acceptors (Lipinski definition) is 3. The molecule has 0 spiro atoms. The molecule has 0 saturated carbocycles. The highest BCUT2D eigenvalue weighted by Gasteiger charge is 2.30. The molecular formula is C25H32O3. The van der Waals surface area contributed by atoms with Gasteiger partial charge in [0.2, 0.25) is 0 Å². The monoisotopic (exact) mass is 380 g/mol. The van der Waals surface area contributed by atoms with Crippen LogP contribution in [0, 0.1) is 6.92 Å². The Hall–Kier alpha value is -1.84. The summed E-state index contributed by atoms with van der Waals surface area (Å²) in [4.78, 5) is 0. The van der Waals surface area contributed by atoms with E-state index in [2.05, 4.69) is 51.1 Å². The molecule has 3 nitrogen and oxygen atoms in total. The highest BCUT2D eigenvalue weighted by molar-refractivity contribution is 5.54. The molecule has 4 rings (SSSR count). The fourth-order valence-corrected chi connectivity index (χ4v) is 4.46. The van der Waals surface area contributed by atoms with Gasteiger partial charge in [-0.2, -0.15) is 0 Å². The maximum absolute atomic E-state index is 6.30. The number of hydrogen-bond donors (Lipinski definition) is 0. The first-order valence-electron chi connectivity index (χ1n) is 10.8. The normalized spacial score (nSPS) is 17.1. The number of benzene rings is 2. The SMILES string of the molecule is CCCc1ccc2c(c1)Cc1c(CCCCC3(C)OCCO3)cc(C)cc1O2. The zero-order valence-electron chi connectivity index (χ0n) is 17.5. The third-order valence-corrected chi connectivity index (χ3v) is 5.92. The molecule has 0 bridgehead atoms. The Labute approximate surface area is 169 Å². The van der Waals surface area contributed by atoms with Crippen LogP contribution in [-0.2, 0) is 28.7 Å². The van der Waals surface area contributed by atoms with E-state index >= 15 is 0 Å². The van der Waals surface area contributed by atoms with E-state index < -0.39 is 0 Å². The topological polar surface area (TPSA) is 27.7 Å². The first kappa shape index (κ1) is 19.5. The molecule has 1 saturated heterocycles. The van der Waals surface area contributed by atoms with Crippen molar-refractivity contribution in [3.63, 3.8) is 0 Å². The molecular weight excluding hydrogens is 348 g/mol. The number of unbranched alkanes of at least 4 members (excludes halogenated alkanes) is 1. The molecule has 2 heterocycles. The van der Waals surface area contributed by atoms with Gasteiger partial charge in [-0.1, -0.05) is 31.5 Å². The van der Waals surface area contributed by atoms with Crippen molar-refractivity contribution >= 4 is 0 Å². The lowest BCUT2D eigenvalue weighted by Crippen LogP contribution is -2.25. The van der Waals surface area contributed by atoms with Crippen LogP contribution >= 0.6 is 0 Å². The Morgan fingerprint density at radius 3 is 2.57 bits per heavy atom. The molecule has 3 heteroatoms. The highest BCUT2D eigenvalue weighted by Crippen LogP contribution is 2.40. The Kier molecular flexibility index (Phi) is 5.75. The van der Waals surface area contributed by atoms with Crippen LogP contribution in [0.1, 0.15) is 67.3 Å². The van der Waals surface area contributed by atoms with E-state index in [1.807, 2.05) is 0 Å². The van der Waals surface area contributed by atoms with Crippen molar-refractivity contribution in [1.29, 1.82) is 0 Å². The second kappa shape index (κ2) is 8.26. The van der Waals surface area contributed by atoms with Gasteiger partial charge in [-0.25, -0.2) is 0 Å². The first-order chi connectivity index (χ1) is 13.6. The Balaban J connectivity index is 1.46. The van der Waals surface area contributed by atoms with Gasteiger partial charge in [0.1, 0.15) is 11.5 Å². The largest absolute Gasteiger partial charge is 0.457 e. The lowest BCUT2D eigenvalue weighted by molar-refractivity contribution is -0.147. The van der Waals surface area contributed by atoms with E-state index in [4.69, 9.17) is 14.2 Å². The van der Waals surface area contributed by atoms with Crippen LogP contribution in [0.5, 0.6) is 11.5 Å². The van der Waals surface area contributed by atoms with Gasteiger partial charge in [-0.15, -0.1) is 0 Å². The van der Waals surface area contributed by atoms with Crippen LogP contribution in [0.15, 0.2) is 30.3 Å². The summed E-state index contributed by atoms with van der Waals surface area (Å²) in [7, 11) is 0. The van der Waals surface area contributed by atoms with E-state index in [0.717, 1.165) is 63.2 Å². The van der Waals surface area contributed by atoms with Gasteiger partial charge in [0, 0.05) is 18.4 Å². The molecule has 0 aliphatic carbocycles. The molecule has 2 aliphatic rings. The number of ether oxygens (including phenoxy) is 3. The van der Waals surface area contributed by atoms with Crippen molar-refractivity contribution in [3.8, 4) is 11.5 Å². The molecule has 0 N–H and O–H groups in total. The number of fused-ring (bicyclic) bond motifs is 2. The van der Waals surface area contributed by atoms with E-state index in [1.165, 1.54) is 34.2 Å². The third-order valence-electron chi connectivity index (χ3n) is 5.92. The summed E-state index contributed by atoms with van der Waals surface area (Å²) >= 11 is 0. The summed E-state index contributed by atoms with van der Waals surface area (Å²) in [5, 5.41) is 0. The summed E-state index contributed by atoms with van der Waals surface area (Å²) in [6.45, 7) is 7.90. The average Bonchev–Trinajstić information content (AvgIpc) is 3.11. The van der Waals surface area contributed by atoms with Crippen LogP contribution < -0.4 is 4.74 Å². The van der Waals surface area contributed by atoms with Gasteiger partial charge in [-0.3, -0.25) is 0 Å². The van der Waals surface area contributed by atoms with Gasteiger partial charge < -0.3 is 14.2 Å². The Morgan fingerprint density at radius 1 is 0.964 bits per heavy atom. The molecule has 0 radical (unpaired) electrons. The predicted octanol–water partition coefficient (Wildman–Crippen LogP) is 6.12. The maximum Gasteiger partial charge on any atom is 0.165 e. The van der Waals surface area contributed by atoms with Crippen LogP contribution in [0.3, 0.4) is 0 Å². The molecule has 2 aromatic carbocycles. The van der Waals surface area contributed by atoms with Crippen molar-refractivity contribution in [3.05, 3.63) is 58.1 Å². The molecule has 0 unspecified atom stereocenters. The van der Waals surface area contributed by atoms with Crippen LogP contribution in [0.25, 0.3) is 0 Å². The third kappa shape index (κ3) is 4.26. The van der Waals surface area contributed by atoms with Crippen molar-refractivity contribution in [2.24, 2.45) is 0 Å². The fourth-order valence-electron chi connectivity index (χ4n) is 4.46. The van der Waals surface area contributed by atoms with Crippen molar-refractivity contribution in [1.82, 2.24) is 0 Å². The summed E-state index contributed by atoms with van der Waals surface area (Å²) in [5.74, 6) is 1.69.